The van der Waals surface area contributed by atoms with E-state index in [1.54, 1.807) is 30.6 Å². The largest absolute Gasteiger partial charge is 0.504 e. The lowest BCUT2D eigenvalue weighted by Crippen LogP contribution is -2.19. The molecule has 0 bridgehead atoms. The standard InChI is InChI=1S/C14H16N2O2/c15-8-12(11-4-3-7-16-9-11)10-18-14-6-2-1-5-13(14)17/h1-7,9,12,17H,8,10,15H2. The molecule has 0 aliphatic rings. The summed E-state index contributed by atoms with van der Waals surface area (Å²) >= 11 is 0. The molecule has 0 radical (unpaired) electrons. The van der Waals surface area contributed by atoms with E-state index in [9.17, 15) is 5.11 Å². The zero-order valence-corrected chi connectivity index (χ0v) is 9.99. The molecule has 0 saturated heterocycles. The Bertz CT molecular complexity index is 488. The minimum Gasteiger partial charge on any atom is -0.504 e. The quantitative estimate of drug-likeness (QED) is 0.843. The Hall–Kier alpha value is -2.07. The van der Waals surface area contributed by atoms with Crippen LogP contribution in [0.4, 0.5) is 0 Å². The van der Waals surface area contributed by atoms with Crippen LogP contribution in [-0.2, 0) is 0 Å². The third-order valence-corrected chi connectivity index (χ3v) is 2.75. The van der Waals surface area contributed by atoms with Gasteiger partial charge in [0.05, 0.1) is 6.61 Å². The lowest BCUT2D eigenvalue weighted by atomic mass is 10.0. The monoisotopic (exact) mass is 244 g/mol. The Balaban J connectivity index is 2.02. The molecule has 0 aliphatic carbocycles. The molecule has 1 aromatic carbocycles. The summed E-state index contributed by atoms with van der Waals surface area (Å²) in [7, 11) is 0. The van der Waals surface area contributed by atoms with Crippen LogP contribution in [0.2, 0.25) is 0 Å². The molecule has 4 nitrogen and oxygen atoms in total. The number of aromatic nitrogens is 1. The van der Waals surface area contributed by atoms with Gasteiger partial charge in [0, 0.05) is 24.9 Å². The van der Waals surface area contributed by atoms with E-state index in [1.165, 1.54) is 0 Å². The smallest absolute Gasteiger partial charge is 0.160 e. The maximum absolute atomic E-state index is 9.60. The van der Waals surface area contributed by atoms with Crippen molar-refractivity contribution in [2.45, 2.75) is 5.92 Å². The summed E-state index contributed by atoms with van der Waals surface area (Å²) in [5, 5.41) is 9.60. The number of phenols is 1. The Kier molecular flexibility index (Phi) is 4.15. The first-order valence-electron chi connectivity index (χ1n) is 5.82. The molecule has 3 N–H and O–H groups in total. The molecular weight excluding hydrogens is 228 g/mol. The topological polar surface area (TPSA) is 68.4 Å². The average molecular weight is 244 g/mol. The minimum atomic E-state index is 0.0679. The number of aromatic hydroxyl groups is 1. The van der Waals surface area contributed by atoms with Gasteiger partial charge in [-0.3, -0.25) is 4.98 Å². The van der Waals surface area contributed by atoms with Gasteiger partial charge < -0.3 is 15.6 Å². The molecular formula is C14H16N2O2. The number of nitrogens with two attached hydrogens (primary N) is 1. The van der Waals surface area contributed by atoms with Crippen molar-refractivity contribution in [3.8, 4) is 11.5 Å². The third kappa shape index (κ3) is 2.99. The molecule has 18 heavy (non-hydrogen) atoms. The number of nitrogens with zero attached hydrogens (tertiary/aromatic N) is 1. The lowest BCUT2D eigenvalue weighted by Gasteiger charge is -2.16. The molecule has 0 aliphatic heterocycles. The summed E-state index contributed by atoms with van der Waals surface area (Å²) in [6, 6.07) is 10.7. The first-order chi connectivity index (χ1) is 8.81. The molecule has 2 aromatic rings. The van der Waals surface area contributed by atoms with Crippen molar-refractivity contribution in [2.24, 2.45) is 5.73 Å². The van der Waals surface area contributed by atoms with Gasteiger partial charge in [0.1, 0.15) is 0 Å². The molecule has 1 unspecified atom stereocenters. The van der Waals surface area contributed by atoms with Crippen LogP contribution in [0.25, 0.3) is 0 Å². The second kappa shape index (κ2) is 6.02. The van der Waals surface area contributed by atoms with Gasteiger partial charge in [0.15, 0.2) is 11.5 Å². The molecule has 1 heterocycles. The maximum Gasteiger partial charge on any atom is 0.160 e. The van der Waals surface area contributed by atoms with Gasteiger partial charge >= 0.3 is 0 Å². The second-order valence-electron chi connectivity index (χ2n) is 4.00. The summed E-state index contributed by atoms with van der Waals surface area (Å²) in [5.41, 5.74) is 6.77. The molecule has 0 fully saturated rings. The summed E-state index contributed by atoms with van der Waals surface area (Å²) in [6.07, 6.45) is 3.51. The van der Waals surface area contributed by atoms with Crippen LogP contribution < -0.4 is 10.5 Å². The summed E-state index contributed by atoms with van der Waals surface area (Å²) < 4.78 is 5.59. The van der Waals surface area contributed by atoms with Crippen molar-refractivity contribution in [1.29, 1.82) is 0 Å². The number of ether oxygens (including phenoxy) is 1. The zero-order valence-electron chi connectivity index (χ0n) is 9.99. The van der Waals surface area contributed by atoms with E-state index in [0.717, 1.165) is 5.56 Å². The molecule has 2 rings (SSSR count). The fraction of sp³-hybridized carbons (Fsp3) is 0.214. The predicted octanol–water partition coefficient (Wildman–Crippen LogP) is 1.91. The lowest BCUT2D eigenvalue weighted by molar-refractivity contribution is 0.276. The highest BCUT2D eigenvalue weighted by molar-refractivity contribution is 5.38. The van der Waals surface area contributed by atoms with E-state index in [4.69, 9.17) is 10.5 Å². The predicted molar refractivity (Wildman–Crippen MR) is 69.6 cm³/mol. The van der Waals surface area contributed by atoms with E-state index >= 15 is 0 Å². The van der Waals surface area contributed by atoms with Gasteiger partial charge in [-0.05, 0) is 23.8 Å². The first-order valence-corrected chi connectivity index (χ1v) is 5.82. The van der Waals surface area contributed by atoms with Crippen LogP contribution in [0.5, 0.6) is 11.5 Å². The summed E-state index contributed by atoms with van der Waals surface area (Å²) in [4.78, 5) is 4.07. The van der Waals surface area contributed by atoms with Crippen LogP contribution >= 0.6 is 0 Å². The van der Waals surface area contributed by atoms with Crippen molar-refractivity contribution in [3.63, 3.8) is 0 Å². The van der Waals surface area contributed by atoms with Crippen LogP contribution in [-0.4, -0.2) is 23.2 Å². The normalized spacial score (nSPS) is 12.1. The number of hydrogen-bond acceptors (Lipinski definition) is 4. The number of hydrogen-bond donors (Lipinski definition) is 2. The number of phenolic OH excluding ortho intramolecular Hbond substituents is 1. The van der Waals surface area contributed by atoms with Gasteiger partial charge in [0.25, 0.3) is 0 Å². The van der Waals surface area contributed by atoms with Gasteiger partial charge in [-0.1, -0.05) is 18.2 Å². The van der Waals surface area contributed by atoms with E-state index in [2.05, 4.69) is 4.98 Å². The van der Waals surface area contributed by atoms with Gasteiger partial charge in [-0.15, -0.1) is 0 Å². The third-order valence-electron chi connectivity index (χ3n) is 2.75. The molecule has 1 atom stereocenters. The minimum absolute atomic E-state index is 0.0679. The van der Waals surface area contributed by atoms with E-state index in [1.807, 2.05) is 18.2 Å². The maximum atomic E-state index is 9.60. The number of para-hydroxylation sites is 2. The highest BCUT2D eigenvalue weighted by atomic mass is 16.5. The molecule has 0 amide bonds. The Morgan fingerprint density at radius 1 is 1.22 bits per heavy atom. The summed E-state index contributed by atoms with van der Waals surface area (Å²) in [6.45, 7) is 0.888. The van der Waals surface area contributed by atoms with Crippen LogP contribution in [0.3, 0.4) is 0 Å². The molecule has 0 saturated carbocycles. The molecule has 94 valence electrons. The van der Waals surface area contributed by atoms with Gasteiger partial charge in [0.2, 0.25) is 0 Å². The van der Waals surface area contributed by atoms with Crippen LogP contribution in [0.15, 0.2) is 48.8 Å². The van der Waals surface area contributed by atoms with E-state index in [-0.39, 0.29) is 11.7 Å². The molecule has 4 heteroatoms. The van der Waals surface area contributed by atoms with E-state index in [0.29, 0.717) is 18.9 Å². The fourth-order valence-corrected chi connectivity index (χ4v) is 1.69. The number of benzene rings is 1. The van der Waals surface area contributed by atoms with E-state index < -0.39 is 0 Å². The van der Waals surface area contributed by atoms with Crippen molar-refractivity contribution in [3.05, 3.63) is 54.4 Å². The van der Waals surface area contributed by atoms with Crippen molar-refractivity contribution in [2.75, 3.05) is 13.2 Å². The first kappa shape index (κ1) is 12.4. The second-order valence-corrected chi connectivity index (χ2v) is 4.00. The van der Waals surface area contributed by atoms with Crippen molar-refractivity contribution >= 4 is 0 Å². The Labute approximate surface area is 106 Å². The highest BCUT2D eigenvalue weighted by Crippen LogP contribution is 2.25. The fourth-order valence-electron chi connectivity index (χ4n) is 1.69. The van der Waals surface area contributed by atoms with Gasteiger partial charge in [-0.25, -0.2) is 0 Å². The summed E-state index contributed by atoms with van der Waals surface area (Å²) in [5.74, 6) is 0.678. The SMILES string of the molecule is NCC(COc1ccccc1O)c1cccnc1. The van der Waals surface area contributed by atoms with Crippen LogP contribution in [0.1, 0.15) is 11.5 Å². The average Bonchev–Trinajstić information content (AvgIpc) is 2.42. The van der Waals surface area contributed by atoms with Crippen molar-refractivity contribution in [1.82, 2.24) is 4.98 Å². The Morgan fingerprint density at radius 3 is 2.72 bits per heavy atom. The Morgan fingerprint density at radius 2 is 2.06 bits per heavy atom. The van der Waals surface area contributed by atoms with Gasteiger partial charge in [-0.2, -0.15) is 0 Å². The molecule has 1 aromatic heterocycles. The highest BCUT2D eigenvalue weighted by Gasteiger charge is 2.11. The van der Waals surface area contributed by atoms with Crippen LogP contribution in [0, 0.1) is 0 Å². The molecule has 0 spiro atoms. The number of pyridine rings is 1. The zero-order chi connectivity index (χ0) is 12.8. The number of rotatable bonds is 5. The van der Waals surface area contributed by atoms with Crippen molar-refractivity contribution < 1.29 is 9.84 Å².